The van der Waals surface area contributed by atoms with Crippen LogP contribution in [0.5, 0.6) is 5.75 Å². The Bertz CT molecular complexity index is 1440. The highest BCUT2D eigenvalue weighted by Gasteiger charge is 2.34. The summed E-state index contributed by atoms with van der Waals surface area (Å²) in [7, 11) is 1.56. The van der Waals surface area contributed by atoms with Gasteiger partial charge >= 0.3 is 5.97 Å². The lowest BCUT2D eigenvalue weighted by Gasteiger charge is -2.25. The minimum absolute atomic E-state index is 0.214. The van der Waals surface area contributed by atoms with Gasteiger partial charge in [-0.2, -0.15) is 0 Å². The molecule has 0 bridgehead atoms. The van der Waals surface area contributed by atoms with Crippen LogP contribution in [0.25, 0.3) is 6.08 Å². The van der Waals surface area contributed by atoms with Crippen LogP contribution in [-0.4, -0.2) is 37.3 Å². The van der Waals surface area contributed by atoms with Crippen molar-refractivity contribution in [2.75, 3.05) is 31.7 Å². The maximum atomic E-state index is 13.7. The monoisotopic (exact) mass is 495 g/mol. The number of fused-ring (bicyclic) bond motifs is 1. The number of para-hydroxylation sites is 1. The molecule has 3 aromatic rings. The van der Waals surface area contributed by atoms with Gasteiger partial charge in [-0.1, -0.05) is 29.5 Å². The van der Waals surface area contributed by atoms with Crippen molar-refractivity contribution in [3.8, 4) is 5.75 Å². The number of hydrogen-bond donors (Lipinski definition) is 0. The Morgan fingerprint density at radius 3 is 2.63 bits per heavy atom. The van der Waals surface area contributed by atoms with Crippen molar-refractivity contribution in [2.45, 2.75) is 33.7 Å². The lowest BCUT2D eigenvalue weighted by atomic mass is 9.95. The van der Waals surface area contributed by atoms with Crippen molar-refractivity contribution in [1.29, 1.82) is 0 Å². The number of hydrogen-bond acceptors (Lipinski definition) is 8. The van der Waals surface area contributed by atoms with Gasteiger partial charge in [-0.05, 0) is 39.8 Å². The molecule has 0 amide bonds. The van der Waals surface area contributed by atoms with E-state index in [2.05, 4.69) is 23.7 Å². The van der Waals surface area contributed by atoms with Crippen LogP contribution in [0.1, 0.15) is 45.1 Å². The maximum absolute atomic E-state index is 13.7. The Morgan fingerprint density at radius 2 is 1.94 bits per heavy atom. The second-order valence-electron chi connectivity index (χ2n) is 7.89. The average molecular weight is 496 g/mol. The van der Waals surface area contributed by atoms with Crippen LogP contribution in [0.15, 0.2) is 61.9 Å². The Hall–Kier alpha value is -3.59. The van der Waals surface area contributed by atoms with Gasteiger partial charge in [0.1, 0.15) is 17.6 Å². The smallest absolute Gasteiger partial charge is 0.338 e. The van der Waals surface area contributed by atoms with Gasteiger partial charge in [0, 0.05) is 30.8 Å². The highest BCUT2D eigenvalue weighted by molar-refractivity contribution is 7.07. The van der Waals surface area contributed by atoms with Gasteiger partial charge in [-0.15, -0.1) is 0 Å². The van der Waals surface area contributed by atoms with Crippen molar-refractivity contribution in [3.05, 3.63) is 78.7 Å². The second kappa shape index (κ2) is 10.4. The van der Waals surface area contributed by atoms with E-state index in [1.807, 2.05) is 30.3 Å². The molecule has 1 aromatic carbocycles. The summed E-state index contributed by atoms with van der Waals surface area (Å²) in [5.74, 6) is 1.39. The van der Waals surface area contributed by atoms with E-state index in [-0.39, 0.29) is 12.2 Å². The van der Waals surface area contributed by atoms with Crippen molar-refractivity contribution >= 4 is 29.3 Å². The Morgan fingerprint density at radius 1 is 1.20 bits per heavy atom. The van der Waals surface area contributed by atoms with Crippen molar-refractivity contribution in [3.63, 3.8) is 0 Å². The number of aromatic nitrogens is 1. The van der Waals surface area contributed by atoms with Crippen LogP contribution >= 0.6 is 11.3 Å². The minimum atomic E-state index is -0.730. The van der Waals surface area contributed by atoms with Crippen LogP contribution in [-0.2, 0) is 9.53 Å². The quantitative estimate of drug-likeness (QED) is 0.446. The number of benzene rings is 1. The first kappa shape index (κ1) is 24.5. The number of carbonyl (C=O) groups is 1. The summed E-state index contributed by atoms with van der Waals surface area (Å²) in [5, 5.41) is 0. The third kappa shape index (κ3) is 4.55. The largest absolute Gasteiger partial charge is 0.496 e. The molecule has 3 heterocycles. The van der Waals surface area contributed by atoms with E-state index < -0.39 is 12.0 Å². The van der Waals surface area contributed by atoms with E-state index in [0.29, 0.717) is 37.7 Å². The molecule has 0 aliphatic carbocycles. The van der Waals surface area contributed by atoms with Crippen LogP contribution in [0.4, 0.5) is 5.88 Å². The number of esters is 1. The van der Waals surface area contributed by atoms with Gasteiger partial charge in [-0.25, -0.2) is 9.79 Å². The maximum Gasteiger partial charge on any atom is 0.338 e. The van der Waals surface area contributed by atoms with Gasteiger partial charge in [-0.3, -0.25) is 9.36 Å². The highest BCUT2D eigenvalue weighted by Crippen LogP contribution is 2.35. The minimum Gasteiger partial charge on any atom is -0.496 e. The first-order chi connectivity index (χ1) is 16.9. The molecular weight excluding hydrogens is 466 g/mol. The molecule has 0 N–H and O–H groups in total. The summed E-state index contributed by atoms with van der Waals surface area (Å²) >= 11 is 1.26. The number of thiazole rings is 1. The number of methoxy groups -OCH3 is 1. The fraction of sp³-hybridized carbons (Fsp3) is 0.346. The van der Waals surface area contributed by atoms with E-state index >= 15 is 0 Å². The fourth-order valence-corrected chi connectivity index (χ4v) is 5.26. The van der Waals surface area contributed by atoms with Gasteiger partial charge < -0.3 is 18.8 Å². The molecule has 0 unspecified atom stereocenters. The van der Waals surface area contributed by atoms with E-state index in [4.69, 9.17) is 13.9 Å². The zero-order chi connectivity index (χ0) is 25.1. The van der Waals surface area contributed by atoms with Gasteiger partial charge in [0.05, 0.1) is 29.5 Å². The predicted octanol–water partition coefficient (Wildman–Crippen LogP) is 3.25. The molecule has 9 heteroatoms. The van der Waals surface area contributed by atoms with E-state index in [9.17, 15) is 9.59 Å². The summed E-state index contributed by atoms with van der Waals surface area (Å²) in [4.78, 5) is 33.9. The van der Waals surface area contributed by atoms with Gasteiger partial charge in [0.25, 0.3) is 5.56 Å². The van der Waals surface area contributed by atoms with Gasteiger partial charge in [0.15, 0.2) is 10.7 Å². The molecule has 1 aliphatic heterocycles. The van der Waals surface area contributed by atoms with Gasteiger partial charge in [0.2, 0.25) is 0 Å². The molecule has 8 nitrogen and oxygen atoms in total. The van der Waals surface area contributed by atoms with E-state index in [1.54, 1.807) is 37.7 Å². The fourth-order valence-electron chi connectivity index (χ4n) is 4.23. The number of allylic oxidation sites excluding steroid dienone is 1. The molecule has 1 atom stereocenters. The Labute approximate surface area is 207 Å². The van der Waals surface area contributed by atoms with Crippen LogP contribution in [0.3, 0.4) is 0 Å². The third-order valence-electron chi connectivity index (χ3n) is 5.91. The van der Waals surface area contributed by atoms with E-state index in [1.165, 1.54) is 11.3 Å². The Balaban J connectivity index is 1.91. The predicted molar refractivity (Wildman–Crippen MR) is 136 cm³/mol. The number of furan rings is 1. The second-order valence-corrected chi connectivity index (χ2v) is 8.90. The highest BCUT2D eigenvalue weighted by atomic mass is 32.1. The zero-order valence-electron chi connectivity index (χ0n) is 20.5. The third-order valence-corrected chi connectivity index (χ3v) is 6.89. The standard InChI is InChI=1S/C26H29N3O5S/c1-6-28(7-2)21-14-13-17(34-21)15-20-24(30)29-23(18-11-9-10-12-19(18)32-5)22(25(31)33-8-3)16(4)27-26(29)35-20/h9-15,23H,6-8H2,1-5H3/t23-/m0/s1. The normalized spacial score (nSPS) is 15.6. The molecule has 0 radical (unpaired) electrons. The molecule has 35 heavy (non-hydrogen) atoms. The van der Waals surface area contributed by atoms with Crippen LogP contribution in [0, 0.1) is 0 Å². The molecule has 0 spiro atoms. The first-order valence-corrected chi connectivity index (χ1v) is 12.4. The van der Waals surface area contributed by atoms with Crippen molar-refractivity contribution < 1.29 is 18.7 Å². The number of anilines is 1. The summed E-state index contributed by atoms with van der Waals surface area (Å²) in [6.07, 6.45) is 1.72. The average Bonchev–Trinajstić information content (AvgIpc) is 3.43. The Kier molecular flexibility index (Phi) is 7.25. The van der Waals surface area contributed by atoms with Crippen molar-refractivity contribution in [2.24, 2.45) is 4.99 Å². The topological polar surface area (TPSA) is 86.3 Å². The number of carbonyl (C=O) groups excluding carboxylic acids is 1. The molecule has 0 saturated heterocycles. The van der Waals surface area contributed by atoms with Crippen molar-refractivity contribution in [1.82, 2.24) is 4.57 Å². The molecule has 184 valence electrons. The number of nitrogens with zero attached hydrogens (tertiary/aromatic N) is 3. The molecule has 0 fully saturated rings. The summed E-state index contributed by atoms with van der Waals surface area (Å²) in [6.45, 7) is 9.48. The first-order valence-electron chi connectivity index (χ1n) is 11.6. The molecule has 4 rings (SSSR count). The lowest BCUT2D eigenvalue weighted by molar-refractivity contribution is -0.139. The molecular formula is C26H29N3O5S. The SMILES string of the molecule is CCOC(=O)C1=C(C)N=c2sc(=Cc3ccc(N(CC)CC)o3)c(=O)n2[C@H]1c1ccccc1OC. The summed E-state index contributed by atoms with van der Waals surface area (Å²) in [5.41, 5.74) is 1.24. The summed E-state index contributed by atoms with van der Waals surface area (Å²) < 4.78 is 18.9. The number of ether oxygens (including phenoxy) is 2. The molecule has 1 aliphatic rings. The molecule has 2 aromatic heterocycles. The number of rotatable bonds is 8. The zero-order valence-corrected chi connectivity index (χ0v) is 21.3. The summed E-state index contributed by atoms with van der Waals surface area (Å²) in [6, 6.07) is 10.4. The lowest BCUT2D eigenvalue weighted by Crippen LogP contribution is -2.40. The molecule has 0 saturated carbocycles. The van der Waals surface area contributed by atoms with Crippen LogP contribution < -0.4 is 24.5 Å². The van der Waals surface area contributed by atoms with Crippen LogP contribution in [0.2, 0.25) is 0 Å². The van der Waals surface area contributed by atoms with E-state index in [0.717, 1.165) is 19.0 Å².